The average molecular weight is 371 g/mol. The van der Waals surface area contributed by atoms with Gasteiger partial charge in [0.1, 0.15) is 0 Å². The first-order valence-corrected chi connectivity index (χ1v) is 15.2. The Kier molecular flexibility index (Phi) is 6.96. The predicted molar refractivity (Wildman–Crippen MR) is 112 cm³/mol. The molecule has 0 saturated carbocycles. The Balaban J connectivity index is 2.15. The second-order valence-corrected chi connectivity index (χ2v) is 16.5. The van der Waals surface area contributed by atoms with E-state index in [0.29, 0.717) is 13.2 Å². The first kappa shape index (κ1) is 19.9. The molecule has 0 fully saturated rings. The van der Waals surface area contributed by atoms with Crippen molar-refractivity contribution < 1.29 is 8.85 Å². The van der Waals surface area contributed by atoms with E-state index in [1.165, 1.54) is 16.3 Å². The van der Waals surface area contributed by atoms with Crippen molar-refractivity contribution in [1.82, 2.24) is 0 Å². The van der Waals surface area contributed by atoms with E-state index in [4.69, 9.17) is 8.85 Å². The summed E-state index contributed by atoms with van der Waals surface area (Å²) in [6.07, 6.45) is 2.26. The molecule has 2 nitrogen and oxygen atoms in total. The highest BCUT2D eigenvalue weighted by Crippen LogP contribution is 2.24. The summed E-state index contributed by atoms with van der Waals surface area (Å²) in [6.45, 7) is 12.6. The maximum Gasteiger partial charge on any atom is 0.204 e. The van der Waals surface area contributed by atoms with Crippen LogP contribution in [-0.4, -0.2) is 23.2 Å². The molecule has 0 heterocycles. The zero-order chi connectivity index (χ0) is 18.3. The van der Waals surface area contributed by atoms with Gasteiger partial charge in [-0.2, -0.15) is 0 Å². The fourth-order valence-corrected chi connectivity index (χ4v) is 10.4. The molecule has 0 aliphatic heterocycles. The molecular formula is C21H30O2Si2. The standard InChI is InChI=1S/C21H30O2Si2/c1-24(2,3)23-25(4,5)21(16-19-12-8-6-9-13-19)18-22-17-20-14-10-7-11-15-20/h6-16H,17-18H2,1-5H3/b21-16+. The van der Waals surface area contributed by atoms with Gasteiger partial charge in [-0.25, -0.2) is 0 Å². The molecule has 0 amide bonds. The van der Waals surface area contributed by atoms with Crippen molar-refractivity contribution >= 4 is 22.7 Å². The molecule has 4 heteroatoms. The fraction of sp³-hybridized carbons (Fsp3) is 0.333. The zero-order valence-electron chi connectivity index (χ0n) is 16.1. The van der Waals surface area contributed by atoms with Gasteiger partial charge in [-0.05, 0) is 49.1 Å². The SMILES string of the molecule is C[Si](C)(C)O[Si](C)(C)/C(=C/c1ccccc1)COCc1ccccc1. The van der Waals surface area contributed by atoms with E-state index in [-0.39, 0.29) is 0 Å². The highest BCUT2D eigenvalue weighted by Gasteiger charge is 2.33. The Morgan fingerprint density at radius 3 is 1.96 bits per heavy atom. The van der Waals surface area contributed by atoms with Gasteiger partial charge in [-0.3, -0.25) is 0 Å². The van der Waals surface area contributed by atoms with Crippen molar-refractivity contribution in [2.75, 3.05) is 6.61 Å². The largest absolute Gasteiger partial charge is 0.453 e. The molecule has 0 N–H and O–H groups in total. The quantitative estimate of drug-likeness (QED) is 0.540. The van der Waals surface area contributed by atoms with Crippen LogP contribution in [0.3, 0.4) is 0 Å². The van der Waals surface area contributed by atoms with Gasteiger partial charge in [-0.15, -0.1) is 0 Å². The first-order chi connectivity index (χ1) is 11.8. The average Bonchev–Trinajstić information content (AvgIpc) is 2.54. The molecule has 2 aromatic carbocycles. The molecule has 0 aromatic heterocycles. The second-order valence-electron chi connectivity index (χ2n) is 7.78. The zero-order valence-corrected chi connectivity index (χ0v) is 18.1. The molecule has 0 aliphatic carbocycles. The third-order valence-electron chi connectivity index (χ3n) is 3.84. The molecule has 0 aliphatic rings. The van der Waals surface area contributed by atoms with Crippen LogP contribution < -0.4 is 0 Å². The predicted octanol–water partition coefficient (Wildman–Crippen LogP) is 5.88. The maximum atomic E-state index is 6.59. The van der Waals surface area contributed by atoms with Gasteiger partial charge in [0.15, 0.2) is 8.32 Å². The van der Waals surface area contributed by atoms with Crippen LogP contribution in [0.1, 0.15) is 11.1 Å². The van der Waals surface area contributed by atoms with E-state index < -0.39 is 16.6 Å². The van der Waals surface area contributed by atoms with E-state index in [0.717, 1.165) is 0 Å². The lowest BCUT2D eigenvalue weighted by molar-refractivity contribution is 0.145. The topological polar surface area (TPSA) is 18.5 Å². The summed E-state index contributed by atoms with van der Waals surface area (Å²) in [5.41, 5.74) is 2.41. The lowest BCUT2D eigenvalue weighted by atomic mass is 10.2. The summed E-state index contributed by atoms with van der Waals surface area (Å²) in [5.74, 6) is 0. The smallest absolute Gasteiger partial charge is 0.204 e. The third kappa shape index (κ3) is 7.12. The van der Waals surface area contributed by atoms with Crippen molar-refractivity contribution in [3.63, 3.8) is 0 Å². The van der Waals surface area contributed by atoms with E-state index in [9.17, 15) is 0 Å². The van der Waals surface area contributed by atoms with E-state index in [1.54, 1.807) is 0 Å². The number of benzene rings is 2. The molecule has 0 bridgehead atoms. The Morgan fingerprint density at radius 1 is 0.840 bits per heavy atom. The molecule has 0 spiro atoms. The molecule has 0 radical (unpaired) electrons. The lowest BCUT2D eigenvalue weighted by Gasteiger charge is -2.33. The van der Waals surface area contributed by atoms with Gasteiger partial charge < -0.3 is 8.85 Å². The van der Waals surface area contributed by atoms with Crippen molar-refractivity contribution in [3.8, 4) is 0 Å². The fourth-order valence-electron chi connectivity index (χ4n) is 2.82. The normalized spacial score (nSPS) is 13.1. The van der Waals surface area contributed by atoms with Gasteiger partial charge in [0.05, 0.1) is 13.2 Å². The minimum absolute atomic E-state index is 0.619. The second kappa shape index (κ2) is 8.76. The molecule has 0 saturated heterocycles. The van der Waals surface area contributed by atoms with Gasteiger partial charge >= 0.3 is 0 Å². The van der Waals surface area contributed by atoms with Crippen LogP contribution in [0.15, 0.2) is 65.9 Å². The Morgan fingerprint density at radius 2 is 1.40 bits per heavy atom. The van der Waals surface area contributed by atoms with Crippen LogP contribution in [0.4, 0.5) is 0 Å². The van der Waals surface area contributed by atoms with Crippen molar-refractivity contribution in [2.45, 2.75) is 39.3 Å². The van der Waals surface area contributed by atoms with Gasteiger partial charge in [0, 0.05) is 0 Å². The molecule has 0 atom stereocenters. The van der Waals surface area contributed by atoms with Gasteiger partial charge in [0.2, 0.25) is 8.32 Å². The van der Waals surface area contributed by atoms with Crippen molar-refractivity contribution in [1.29, 1.82) is 0 Å². The van der Waals surface area contributed by atoms with Gasteiger partial charge in [-0.1, -0.05) is 66.7 Å². The highest BCUT2D eigenvalue weighted by molar-refractivity contribution is 6.88. The molecule has 134 valence electrons. The summed E-state index contributed by atoms with van der Waals surface area (Å²) >= 11 is 0. The van der Waals surface area contributed by atoms with Crippen LogP contribution in [0.2, 0.25) is 32.7 Å². The summed E-state index contributed by atoms with van der Waals surface area (Å²) in [7, 11) is -3.60. The molecule has 2 rings (SSSR count). The Hall–Kier alpha value is -1.47. The van der Waals surface area contributed by atoms with Crippen molar-refractivity contribution in [2.24, 2.45) is 0 Å². The number of rotatable bonds is 8. The highest BCUT2D eigenvalue weighted by atomic mass is 28.4. The third-order valence-corrected chi connectivity index (χ3v) is 10.2. The van der Waals surface area contributed by atoms with Crippen LogP contribution in [0, 0.1) is 0 Å². The van der Waals surface area contributed by atoms with E-state index >= 15 is 0 Å². The molecule has 2 aromatic rings. The van der Waals surface area contributed by atoms with Gasteiger partial charge in [0.25, 0.3) is 0 Å². The van der Waals surface area contributed by atoms with E-state index in [2.05, 4.69) is 75.2 Å². The summed E-state index contributed by atoms with van der Waals surface area (Å²) in [5, 5.41) is 1.30. The van der Waals surface area contributed by atoms with Crippen molar-refractivity contribution in [3.05, 3.63) is 77.0 Å². The minimum Gasteiger partial charge on any atom is -0.453 e. The molecule has 25 heavy (non-hydrogen) atoms. The molecular weight excluding hydrogens is 340 g/mol. The number of hydrogen-bond donors (Lipinski definition) is 0. The van der Waals surface area contributed by atoms with Crippen LogP contribution in [0.25, 0.3) is 6.08 Å². The summed E-state index contributed by atoms with van der Waals surface area (Å²) in [6, 6.07) is 20.8. The number of hydrogen-bond acceptors (Lipinski definition) is 2. The van der Waals surface area contributed by atoms with Crippen LogP contribution in [-0.2, 0) is 15.5 Å². The van der Waals surface area contributed by atoms with E-state index in [1.807, 2.05) is 24.3 Å². The lowest BCUT2D eigenvalue weighted by Crippen LogP contribution is -2.45. The summed E-state index contributed by atoms with van der Waals surface area (Å²) in [4.78, 5) is 0. The Labute approximate surface area is 154 Å². The first-order valence-electron chi connectivity index (χ1n) is 8.84. The van der Waals surface area contributed by atoms with Crippen LogP contribution in [0.5, 0.6) is 0 Å². The molecule has 0 unspecified atom stereocenters. The van der Waals surface area contributed by atoms with Crippen LogP contribution >= 0.6 is 0 Å². The Bertz CT molecular complexity index is 674. The number of ether oxygens (including phenoxy) is 1. The monoisotopic (exact) mass is 370 g/mol. The minimum atomic E-state index is -1.99. The summed E-state index contributed by atoms with van der Waals surface area (Å²) < 4.78 is 12.6. The maximum absolute atomic E-state index is 6.59.